The molecule has 1 aromatic rings. The van der Waals surface area contributed by atoms with E-state index in [1.165, 1.54) is 12.1 Å². The fourth-order valence-electron chi connectivity index (χ4n) is 1.05. The standard InChI is InChI=1S/C9H5NO4/c10-4-5-2-1-3-6(8(11)12)7(5)9(13)14/h1-3H,(H,11,12)(H,13,14). The molecule has 0 unspecified atom stereocenters. The van der Waals surface area contributed by atoms with Crippen LogP contribution in [0, 0.1) is 11.3 Å². The topological polar surface area (TPSA) is 98.4 Å². The Hall–Kier alpha value is -2.35. The molecule has 0 aliphatic rings. The summed E-state index contributed by atoms with van der Waals surface area (Å²) in [6, 6.07) is 5.36. The molecule has 0 aliphatic heterocycles. The van der Waals surface area contributed by atoms with Gasteiger partial charge in [-0.25, -0.2) is 9.59 Å². The van der Waals surface area contributed by atoms with Crippen molar-refractivity contribution in [2.24, 2.45) is 0 Å². The van der Waals surface area contributed by atoms with Gasteiger partial charge in [0, 0.05) is 0 Å². The molecule has 0 bridgehead atoms. The van der Waals surface area contributed by atoms with E-state index < -0.39 is 17.5 Å². The van der Waals surface area contributed by atoms with E-state index in [2.05, 4.69) is 0 Å². The Balaban J connectivity index is 3.53. The molecule has 0 spiro atoms. The van der Waals surface area contributed by atoms with Gasteiger partial charge < -0.3 is 10.2 Å². The van der Waals surface area contributed by atoms with Crippen LogP contribution in [0.15, 0.2) is 18.2 Å². The third-order valence-electron chi connectivity index (χ3n) is 1.63. The van der Waals surface area contributed by atoms with Crippen LogP contribution >= 0.6 is 0 Å². The monoisotopic (exact) mass is 191 g/mol. The van der Waals surface area contributed by atoms with Gasteiger partial charge in [0.2, 0.25) is 0 Å². The van der Waals surface area contributed by atoms with Crippen LogP contribution in [0.1, 0.15) is 26.3 Å². The summed E-state index contributed by atoms with van der Waals surface area (Å²) >= 11 is 0. The molecule has 14 heavy (non-hydrogen) atoms. The fraction of sp³-hybridized carbons (Fsp3) is 0. The van der Waals surface area contributed by atoms with Crippen LogP contribution in [-0.4, -0.2) is 22.2 Å². The quantitative estimate of drug-likeness (QED) is 0.725. The van der Waals surface area contributed by atoms with Crippen molar-refractivity contribution in [3.8, 4) is 6.07 Å². The molecule has 2 N–H and O–H groups in total. The van der Waals surface area contributed by atoms with Crippen molar-refractivity contribution in [1.29, 1.82) is 5.26 Å². The van der Waals surface area contributed by atoms with Crippen molar-refractivity contribution >= 4 is 11.9 Å². The van der Waals surface area contributed by atoms with Crippen molar-refractivity contribution in [2.45, 2.75) is 0 Å². The average Bonchev–Trinajstić information content (AvgIpc) is 2.16. The van der Waals surface area contributed by atoms with Gasteiger partial charge in [-0.05, 0) is 12.1 Å². The number of benzene rings is 1. The van der Waals surface area contributed by atoms with Crippen molar-refractivity contribution in [3.63, 3.8) is 0 Å². The minimum absolute atomic E-state index is 0.155. The first-order valence-corrected chi connectivity index (χ1v) is 3.57. The van der Waals surface area contributed by atoms with Crippen LogP contribution in [0.3, 0.4) is 0 Å². The summed E-state index contributed by atoms with van der Waals surface area (Å²) in [7, 11) is 0. The highest BCUT2D eigenvalue weighted by atomic mass is 16.4. The molecule has 0 radical (unpaired) electrons. The number of hydrogen-bond donors (Lipinski definition) is 2. The summed E-state index contributed by atoms with van der Waals surface area (Å²) in [5.41, 5.74) is -1.00. The Labute approximate surface area is 78.8 Å². The minimum atomic E-state index is -1.42. The fourth-order valence-corrected chi connectivity index (χ4v) is 1.05. The first-order valence-electron chi connectivity index (χ1n) is 3.57. The summed E-state index contributed by atoms with van der Waals surface area (Å²) in [6.07, 6.45) is 0. The van der Waals surface area contributed by atoms with Gasteiger partial charge in [0.15, 0.2) is 0 Å². The van der Waals surface area contributed by atoms with Crippen molar-refractivity contribution in [3.05, 3.63) is 34.9 Å². The second kappa shape index (κ2) is 3.58. The van der Waals surface area contributed by atoms with Gasteiger partial charge in [0.1, 0.15) is 6.07 Å². The van der Waals surface area contributed by atoms with Crippen LogP contribution in [0.25, 0.3) is 0 Å². The molecule has 0 amide bonds. The first kappa shape index (κ1) is 9.74. The lowest BCUT2D eigenvalue weighted by atomic mass is 10.0. The van der Waals surface area contributed by atoms with Gasteiger partial charge in [-0.3, -0.25) is 0 Å². The molecule has 1 rings (SSSR count). The lowest BCUT2D eigenvalue weighted by Gasteiger charge is -2.01. The summed E-state index contributed by atoms with van der Waals surface area (Å²) in [5, 5.41) is 25.9. The predicted octanol–water partition coefficient (Wildman–Crippen LogP) is 0.955. The van der Waals surface area contributed by atoms with Gasteiger partial charge in [0.05, 0.1) is 16.7 Å². The number of hydrogen-bond acceptors (Lipinski definition) is 3. The minimum Gasteiger partial charge on any atom is -0.478 e. The first-order chi connectivity index (χ1) is 6.57. The Kier molecular flexibility index (Phi) is 2.49. The molecule has 0 atom stereocenters. The van der Waals surface area contributed by atoms with E-state index in [0.717, 1.165) is 6.07 Å². The third kappa shape index (κ3) is 1.54. The Morgan fingerprint density at radius 3 is 2.29 bits per heavy atom. The maximum atomic E-state index is 10.7. The maximum absolute atomic E-state index is 10.7. The molecular formula is C9H5NO4. The van der Waals surface area contributed by atoms with Gasteiger partial charge in [-0.2, -0.15) is 5.26 Å². The Morgan fingerprint density at radius 2 is 1.86 bits per heavy atom. The molecule has 0 saturated heterocycles. The average molecular weight is 191 g/mol. The third-order valence-corrected chi connectivity index (χ3v) is 1.63. The van der Waals surface area contributed by atoms with Crippen LogP contribution in [0.4, 0.5) is 0 Å². The summed E-state index contributed by atoms with van der Waals surface area (Å²) in [4.78, 5) is 21.3. The van der Waals surface area contributed by atoms with Crippen LogP contribution < -0.4 is 0 Å². The summed E-state index contributed by atoms with van der Waals surface area (Å²) in [6.45, 7) is 0. The van der Waals surface area contributed by atoms with E-state index in [4.69, 9.17) is 15.5 Å². The molecule has 0 aliphatic carbocycles. The highest BCUT2D eigenvalue weighted by molar-refractivity contribution is 6.03. The SMILES string of the molecule is N#Cc1cccc(C(=O)O)c1C(=O)O. The summed E-state index contributed by atoms with van der Waals surface area (Å²) in [5.74, 6) is -2.78. The smallest absolute Gasteiger partial charge is 0.337 e. The highest BCUT2D eigenvalue weighted by Gasteiger charge is 2.19. The molecule has 5 heteroatoms. The Bertz CT molecular complexity index is 445. The van der Waals surface area contributed by atoms with Gasteiger partial charge in [-0.1, -0.05) is 6.07 Å². The van der Waals surface area contributed by atoms with Crippen molar-refractivity contribution < 1.29 is 19.8 Å². The molecule has 0 aromatic heterocycles. The zero-order chi connectivity index (χ0) is 10.7. The van der Waals surface area contributed by atoms with Crippen LogP contribution in [0.2, 0.25) is 0 Å². The van der Waals surface area contributed by atoms with Crippen LogP contribution in [0.5, 0.6) is 0 Å². The predicted molar refractivity (Wildman–Crippen MR) is 45.1 cm³/mol. The lowest BCUT2D eigenvalue weighted by Crippen LogP contribution is -2.10. The molecule has 5 nitrogen and oxygen atoms in total. The molecule has 0 heterocycles. The van der Waals surface area contributed by atoms with Gasteiger partial charge in [-0.15, -0.1) is 0 Å². The number of nitrogens with zero attached hydrogens (tertiary/aromatic N) is 1. The maximum Gasteiger partial charge on any atom is 0.337 e. The zero-order valence-corrected chi connectivity index (χ0v) is 6.89. The number of carboxylic acids is 2. The van der Waals surface area contributed by atoms with E-state index >= 15 is 0 Å². The second-order valence-electron chi connectivity index (χ2n) is 2.45. The number of carboxylic acid groups (broad SMARTS) is 2. The van der Waals surface area contributed by atoms with Gasteiger partial charge >= 0.3 is 11.9 Å². The highest BCUT2D eigenvalue weighted by Crippen LogP contribution is 2.14. The number of rotatable bonds is 2. The number of carbonyl (C=O) groups is 2. The van der Waals surface area contributed by atoms with Crippen molar-refractivity contribution in [1.82, 2.24) is 0 Å². The Morgan fingerprint density at radius 1 is 1.21 bits per heavy atom. The van der Waals surface area contributed by atoms with Crippen molar-refractivity contribution in [2.75, 3.05) is 0 Å². The largest absolute Gasteiger partial charge is 0.478 e. The number of aromatic carboxylic acids is 2. The van der Waals surface area contributed by atoms with Gasteiger partial charge in [0.25, 0.3) is 0 Å². The van der Waals surface area contributed by atoms with E-state index in [-0.39, 0.29) is 11.1 Å². The zero-order valence-electron chi connectivity index (χ0n) is 6.89. The molecular weight excluding hydrogens is 186 g/mol. The second-order valence-corrected chi connectivity index (χ2v) is 2.45. The van der Waals surface area contributed by atoms with Crippen LogP contribution in [-0.2, 0) is 0 Å². The van der Waals surface area contributed by atoms with E-state index in [9.17, 15) is 9.59 Å². The normalized spacial score (nSPS) is 9.07. The molecule has 0 saturated carbocycles. The molecule has 70 valence electrons. The number of nitriles is 1. The van der Waals surface area contributed by atoms with E-state index in [0.29, 0.717) is 0 Å². The summed E-state index contributed by atoms with van der Waals surface area (Å²) < 4.78 is 0. The molecule has 0 fully saturated rings. The van der Waals surface area contributed by atoms with E-state index in [1.54, 1.807) is 6.07 Å². The molecule has 1 aromatic carbocycles. The van der Waals surface area contributed by atoms with E-state index in [1.807, 2.05) is 0 Å². The lowest BCUT2D eigenvalue weighted by molar-refractivity contribution is 0.0651.